The molecule has 0 unspecified atom stereocenters. The molecule has 0 radical (unpaired) electrons. The van der Waals surface area contributed by atoms with Crippen LogP contribution < -0.4 is 0 Å². The Kier molecular flexibility index (Phi) is 6.47. The van der Waals surface area contributed by atoms with Crippen molar-refractivity contribution < 1.29 is 17.9 Å². The van der Waals surface area contributed by atoms with Crippen LogP contribution >= 0.6 is 0 Å². The van der Waals surface area contributed by atoms with E-state index in [1.807, 2.05) is 67.6 Å². The van der Waals surface area contributed by atoms with Crippen molar-refractivity contribution in [3.63, 3.8) is 0 Å². The molecule has 0 amide bonds. The number of sulfonamides is 1. The molecule has 1 aliphatic rings. The van der Waals surface area contributed by atoms with Crippen molar-refractivity contribution in [1.82, 2.24) is 4.31 Å². The van der Waals surface area contributed by atoms with Crippen LogP contribution in [-0.2, 0) is 19.6 Å². The first-order valence-corrected chi connectivity index (χ1v) is 12.7. The Morgan fingerprint density at radius 1 is 0.824 bits per heavy atom. The molecular formula is C28H29NO4S. The number of carbonyl (C=O) groups is 1. The third-order valence-electron chi connectivity index (χ3n) is 5.65. The van der Waals surface area contributed by atoms with Crippen LogP contribution in [0.1, 0.15) is 49.5 Å². The van der Waals surface area contributed by atoms with Crippen LogP contribution in [0.5, 0.6) is 0 Å². The Balaban J connectivity index is 1.92. The minimum atomic E-state index is -3.99. The lowest BCUT2D eigenvalue weighted by Gasteiger charge is -2.31. The van der Waals surface area contributed by atoms with Crippen LogP contribution in [0.2, 0.25) is 0 Å². The Hall–Kier alpha value is -3.22. The first kappa shape index (κ1) is 23.9. The molecule has 6 heteroatoms. The van der Waals surface area contributed by atoms with Gasteiger partial charge in [0, 0.05) is 0 Å². The van der Waals surface area contributed by atoms with E-state index in [4.69, 9.17) is 4.74 Å². The topological polar surface area (TPSA) is 63.7 Å². The lowest BCUT2D eigenvalue weighted by molar-refractivity contribution is -0.150. The highest BCUT2D eigenvalue weighted by Gasteiger charge is 2.47. The summed E-state index contributed by atoms with van der Waals surface area (Å²) in [5, 5.41) is 0. The predicted molar refractivity (Wildman–Crippen MR) is 132 cm³/mol. The minimum absolute atomic E-state index is 0.179. The molecule has 1 heterocycles. The molecule has 0 aliphatic carbocycles. The monoisotopic (exact) mass is 475 g/mol. The number of hydrogen-bond donors (Lipinski definition) is 0. The lowest BCUT2D eigenvalue weighted by atomic mass is 10.0. The van der Waals surface area contributed by atoms with Gasteiger partial charge >= 0.3 is 5.97 Å². The predicted octanol–water partition coefficient (Wildman–Crippen LogP) is 5.75. The van der Waals surface area contributed by atoms with Gasteiger partial charge in [-0.3, -0.25) is 0 Å². The Morgan fingerprint density at radius 3 is 1.88 bits per heavy atom. The van der Waals surface area contributed by atoms with Crippen LogP contribution in [0, 0.1) is 6.92 Å². The molecule has 0 N–H and O–H groups in total. The Morgan fingerprint density at radius 2 is 1.35 bits per heavy atom. The summed E-state index contributed by atoms with van der Waals surface area (Å²) in [5.74, 6) is -0.524. The highest BCUT2D eigenvalue weighted by molar-refractivity contribution is 7.89. The summed E-state index contributed by atoms with van der Waals surface area (Å²) in [6, 6.07) is 23.9. The van der Waals surface area contributed by atoms with Crippen LogP contribution in [0.25, 0.3) is 0 Å². The SMILES string of the molecule is Cc1ccc(S(=O)(=O)N2[C@@H](c3ccccc3)C(C(=O)OC(C)(C)C)=C[C@H]2c2ccccc2)cc1. The maximum absolute atomic E-state index is 14.1. The third-order valence-corrected chi connectivity index (χ3v) is 7.51. The molecule has 0 fully saturated rings. The van der Waals surface area contributed by atoms with Crippen LogP contribution in [0.15, 0.2) is 101 Å². The number of esters is 1. The summed E-state index contributed by atoms with van der Waals surface area (Å²) < 4.78 is 35.4. The zero-order valence-electron chi connectivity index (χ0n) is 19.8. The van der Waals surface area contributed by atoms with Gasteiger partial charge in [-0.2, -0.15) is 4.31 Å². The molecule has 176 valence electrons. The smallest absolute Gasteiger partial charge is 0.336 e. The second-order valence-electron chi connectivity index (χ2n) is 9.44. The van der Waals surface area contributed by atoms with Crippen molar-refractivity contribution in [2.75, 3.05) is 0 Å². The summed E-state index contributed by atoms with van der Waals surface area (Å²) >= 11 is 0. The molecule has 0 aromatic heterocycles. The summed E-state index contributed by atoms with van der Waals surface area (Å²) in [7, 11) is -3.99. The van der Waals surface area contributed by atoms with Gasteiger partial charge in [0.25, 0.3) is 0 Å². The highest BCUT2D eigenvalue weighted by atomic mass is 32.2. The van der Waals surface area contributed by atoms with Gasteiger partial charge in [-0.1, -0.05) is 78.4 Å². The summed E-state index contributed by atoms with van der Waals surface area (Å²) in [6.45, 7) is 7.31. The number of ether oxygens (including phenoxy) is 1. The Labute approximate surface area is 201 Å². The fourth-order valence-electron chi connectivity index (χ4n) is 4.12. The molecule has 34 heavy (non-hydrogen) atoms. The van der Waals surface area contributed by atoms with E-state index in [0.717, 1.165) is 11.1 Å². The van der Waals surface area contributed by atoms with E-state index in [1.165, 1.54) is 4.31 Å². The maximum atomic E-state index is 14.1. The largest absolute Gasteiger partial charge is 0.457 e. The summed E-state index contributed by atoms with van der Waals surface area (Å²) in [5.41, 5.74) is 2.04. The molecular weight excluding hydrogens is 446 g/mol. The van der Waals surface area contributed by atoms with E-state index >= 15 is 0 Å². The maximum Gasteiger partial charge on any atom is 0.336 e. The number of aryl methyl sites for hydroxylation is 1. The van der Waals surface area contributed by atoms with E-state index in [9.17, 15) is 13.2 Å². The van der Waals surface area contributed by atoms with Crippen LogP contribution in [0.3, 0.4) is 0 Å². The van der Waals surface area contributed by atoms with Gasteiger partial charge in [0.2, 0.25) is 10.0 Å². The van der Waals surface area contributed by atoms with Crippen molar-refractivity contribution >= 4 is 16.0 Å². The zero-order chi connectivity index (χ0) is 24.5. The minimum Gasteiger partial charge on any atom is -0.457 e. The van der Waals surface area contributed by atoms with E-state index in [1.54, 1.807) is 51.1 Å². The van der Waals surface area contributed by atoms with E-state index < -0.39 is 33.7 Å². The fraction of sp³-hybridized carbons (Fsp3) is 0.250. The number of nitrogens with zero attached hydrogens (tertiary/aromatic N) is 1. The molecule has 1 aliphatic heterocycles. The van der Waals surface area contributed by atoms with Crippen LogP contribution in [-0.4, -0.2) is 24.3 Å². The summed E-state index contributed by atoms with van der Waals surface area (Å²) in [6.07, 6.45) is 1.73. The molecule has 0 bridgehead atoms. The van der Waals surface area contributed by atoms with Crippen molar-refractivity contribution in [3.8, 4) is 0 Å². The zero-order valence-corrected chi connectivity index (χ0v) is 20.6. The lowest BCUT2D eigenvalue weighted by Crippen LogP contribution is -2.36. The normalized spacial score (nSPS) is 19.0. The van der Waals surface area contributed by atoms with E-state index in [-0.39, 0.29) is 4.90 Å². The van der Waals surface area contributed by atoms with Gasteiger partial charge in [0.05, 0.1) is 22.6 Å². The molecule has 0 saturated heterocycles. The highest BCUT2D eigenvalue weighted by Crippen LogP contribution is 2.47. The van der Waals surface area contributed by atoms with Gasteiger partial charge < -0.3 is 4.74 Å². The molecule has 2 atom stereocenters. The first-order chi connectivity index (χ1) is 16.1. The van der Waals surface area contributed by atoms with Gasteiger partial charge in [-0.15, -0.1) is 0 Å². The number of benzene rings is 3. The molecule has 0 spiro atoms. The van der Waals surface area contributed by atoms with Gasteiger partial charge in [0.15, 0.2) is 0 Å². The van der Waals surface area contributed by atoms with Crippen LogP contribution in [0.4, 0.5) is 0 Å². The van der Waals surface area contributed by atoms with Crippen molar-refractivity contribution in [3.05, 3.63) is 113 Å². The second kappa shape index (κ2) is 9.20. The number of hydrogen-bond acceptors (Lipinski definition) is 4. The number of carbonyl (C=O) groups excluding carboxylic acids is 1. The number of rotatable bonds is 5. The fourth-order valence-corrected chi connectivity index (χ4v) is 5.84. The molecule has 0 saturated carbocycles. The average Bonchev–Trinajstić information content (AvgIpc) is 3.21. The van der Waals surface area contributed by atoms with Crippen molar-refractivity contribution in [2.24, 2.45) is 0 Å². The van der Waals surface area contributed by atoms with E-state index in [0.29, 0.717) is 11.1 Å². The average molecular weight is 476 g/mol. The third kappa shape index (κ3) is 4.83. The quantitative estimate of drug-likeness (QED) is 0.441. The molecule has 4 rings (SSSR count). The molecule has 3 aromatic rings. The standard InChI is InChI=1S/C28H29NO4S/c1-20-15-17-23(18-16-20)34(31,32)29-25(21-11-7-5-8-12-21)19-24(27(30)33-28(2,3)4)26(29)22-13-9-6-10-14-22/h5-19,25-26H,1-4H3/t25-,26-/m0/s1. The van der Waals surface area contributed by atoms with Gasteiger partial charge in [0.1, 0.15) is 5.60 Å². The van der Waals surface area contributed by atoms with Crippen molar-refractivity contribution in [2.45, 2.75) is 50.3 Å². The first-order valence-electron chi connectivity index (χ1n) is 11.2. The molecule has 5 nitrogen and oxygen atoms in total. The van der Waals surface area contributed by atoms with Crippen molar-refractivity contribution in [1.29, 1.82) is 0 Å². The van der Waals surface area contributed by atoms with Gasteiger partial charge in [-0.25, -0.2) is 13.2 Å². The van der Waals surface area contributed by atoms with E-state index in [2.05, 4.69) is 0 Å². The summed E-state index contributed by atoms with van der Waals surface area (Å²) in [4.78, 5) is 13.5. The second-order valence-corrected chi connectivity index (χ2v) is 11.3. The molecule has 3 aromatic carbocycles. The Bertz CT molecular complexity index is 1290. The van der Waals surface area contributed by atoms with Gasteiger partial charge in [-0.05, 0) is 57.0 Å².